The number of rotatable bonds is 3. The largest absolute Gasteiger partial charge is 0.320 e. The van der Waals surface area contributed by atoms with Crippen molar-refractivity contribution in [2.24, 2.45) is 5.73 Å². The predicted molar refractivity (Wildman–Crippen MR) is 74.8 cm³/mol. The molecule has 0 aliphatic heterocycles. The quantitative estimate of drug-likeness (QED) is 0.813. The maximum Gasteiger partial charge on any atom is 0.235 e. The minimum absolute atomic E-state index is 0.307. The van der Waals surface area contributed by atoms with Crippen molar-refractivity contribution in [3.8, 4) is 11.8 Å². The van der Waals surface area contributed by atoms with Crippen LogP contribution in [0.15, 0.2) is 18.2 Å². The van der Waals surface area contributed by atoms with Crippen LogP contribution in [0.5, 0.6) is 0 Å². The third-order valence-electron chi connectivity index (χ3n) is 2.43. The van der Waals surface area contributed by atoms with Crippen molar-refractivity contribution in [2.45, 2.75) is 26.0 Å². The fourth-order valence-electron chi connectivity index (χ4n) is 1.30. The van der Waals surface area contributed by atoms with Crippen LogP contribution in [0.1, 0.15) is 25.0 Å². The van der Waals surface area contributed by atoms with E-state index in [2.05, 4.69) is 16.6 Å². The third-order valence-corrected chi connectivity index (χ3v) is 4.19. The van der Waals surface area contributed by atoms with Gasteiger partial charge in [0.2, 0.25) is 10.0 Å². The van der Waals surface area contributed by atoms with E-state index in [-0.39, 0.29) is 0 Å². The first-order chi connectivity index (χ1) is 8.36. The minimum atomic E-state index is -3.30. The average molecular weight is 266 g/mol. The van der Waals surface area contributed by atoms with Gasteiger partial charge in [-0.3, -0.25) is 4.72 Å². The highest BCUT2D eigenvalue weighted by molar-refractivity contribution is 7.93. The molecule has 0 amide bonds. The summed E-state index contributed by atoms with van der Waals surface area (Å²) in [4.78, 5) is 0. The molecular formula is C13H18N2O2S. The van der Waals surface area contributed by atoms with Gasteiger partial charge in [0.05, 0.1) is 11.8 Å². The molecule has 0 atom stereocenters. The molecule has 0 radical (unpaired) electrons. The van der Waals surface area contributed by atoms with Crippen LogP contribution < -0.4 is 10.5 Å². The number of sulfonamides is 1. The standard InChI is InChI=1S/C13H18N2O2S/c1-10(2)18(16,17)15-13-7-6-12(5-4-8-14)11(3)9-13/h6-7,9-10,15H,8,14H2,1-3H3. The summed E-state index contributed by atoms with van der Waals surface area (Å²) >= 11 is 0. The number of hydrogen-bond donors (Lipinski definition) is 2. The van der Waals surface area contributed by atoms with E-state index in [1.165, 1.54) is 0 Å². The molecule has 0 aliphatic carbocycles. The van der Waals surface area contributed by atoms with E-state index < -0.39 is 15.3 Å². The molecule has 0 bridgehead atoms. The summed E-state index contributed by atoms with van der Waals surface area (Å²) in [6.07, 6.45) is 0. The van der Waals surface area contributed by atoms with Crippen LogP contribution in [-0.2, 0) is 10.0 Å². The SMILES string of the molecule is Cc1cc(NS(=O)(=O)C(C)C)ccc1C#CCN. The molecule has 0 spiro atoms. The number of nitrogens with two attached hydrogens (primary N) is 1. The summed E-state index contributed by atoms with van der Waals surface area (Å²) in [5.41, 5.74) is 7.63. The highest BCUT2D eigenvalue weighted by Crippen LogP contribution is 2.16. The maximum absolute atomic E-state index is 11.7. The molecule has 4 nitrogen and oxygen atoms in total. The van der Waals surface area contributed by atoms with Crippen molar-refractivity contribution in [2.75, 3.05) is 11.3 Å². The topological polar surface area (TPSA) is 72.2 Å². The Labute approximate surface area is 109 Å². The van der Waals surface area contributed by atoms with Crippen LogP contribution in [0.3, 0.4) is 0 Å². The molecule has 1 aromatic rings. The molecular weight excluding hydrogens is 248 g/mol. The fourth-order valence-corrected chi connectivity index (χ4v) is 1.99. The third kappa shape index (κ3) is 3.76. The summed E-state index contributed by atoms with van der Waals surface area (Å²) in [7, 11) is -3.30. The van der Waals surface area contributed by atoms with Gasteiger partial charge in [-0.2, -0.15) is 0 Å². The first-order valence-electron chi connectivity index (χ1n) is 5.68. The Kier molecular flexibility index (Phi) is 4.76. The van der Waals surface area contributed by atoms with E-state index in [1.54, 1.807) is 32.0 Å². The lowest BCUT2D eigenvalue weighted by atomic mass is 10.1. The van der Waals surface area contributed by atoms with Crippen molar-refractivity contribution in [1.82, 2.24) is 0 Å². The van der Waals surface area contributed by atoms with Gasteiger partial charge in [0.1, 0.15) is 0 Å². The van der Waals surface area contributed by atoms with Crippen molar-refractivity contribution in [1.29, 1.82) is 0 Å². The Morgan fingerprint density at radius 2 is 2.06 bits per heavy atom. The summed E-state index contributed by atoms with van der Waals surface area (Å²) < 4.78 is 26.0. The van der Waals surface area contributed by atoms with Crippen LogP contribution in [-0.4, -0.2) is 20.2 Å². The van der Waals surface area contributed by atoms with Crippen LogP contribution >= 0.6 is 0 Å². The lowest BCUT2D eigenvalue weighted by Gasteiger charge is -2.11. The molecule has 0 saturated carbocycles. The summed E-state index contributed by atoms with van der Waals surface area (Å²) in [5, 5.41) is -0.463. The van der Waals surface area contributed by atoms with Crippen LogP contribution in [0.25, 0.3) is 0 Å². The number of nitrogens with one attached hydrogen (secondary N) is 1. The van der Waals surface area contributed by atoms with E-state index in [0.717, 1.165) is 11.1 Å². The zero-order chi connectivity index (χ0) is 13.8. The zero-order valence-corrected chi connectivity index (χ0v) is 11.6. The second-order valence-electron chi connectivity index (χ2n) is 4.23. The average Bonchev–Trinajstić information content (AvgIpc) is 2.27. The second-order valence-corrected chi connectivity index (χ2v) is 6.47. The van der Waals surface area contributed by atoms with Gasteiger partial charge in [-0.05, 0) is 44.5 Å². The Balaban J connectivity index is 2.99. The van der Waals surface area contributed by atoms with Gasteiger partial charge in [0, 0.05) is 11.3 Å². The van der Waals surface area contributed by atoms with Crippen molar-refractivity contribution >= 4 is 15.7 Å². The van der Waals surface area contributed by atoms with Gasteiger partial charge in [-0.15, -0.1) is 0 Å². The Morgan fingerprint density at radius 3 is 2.56 bits per heavy atom. The summed E-state index contributed by atoms with van der Waals surface area (Å²) in [5.74, 6) is 5.70. The molecule has 1 rings (SSSR count). The van der Waals surface area contributed by atoms with Gasteiger partial charge < -0.3 is 5.73 Å². The van der Waals surface area contributed by atoms with Gasteiger partial charge in [-0.1, -0.05) is 11.8 Å². The van der Waals surface area contributed by atoms with E-state index >= 15 is 0 Å². The molecule has 0 unspecified atom stereocenters. The molecule has 1 aromatic carbocycles. The van der Waals surface area contributed by atoms with Gasteiger partial charge in [0.25, 0.3) is 0 Å². The highest BCUT2D eigenvalue weighted by Gasteiger charge is 2.15. The minimum Gasteiger partial charge on any atom is -0.320 e. The molecule has 3 N–H and O–H groups in total. The van der Waals surface area contributed by atoms with E-state index in [4.69, 9.17) is 5.73 Å². The molecule has 5 heteroatoms. The molecule has 0 saturated heterocycles. The highest BCUT2D eigenvalue weighted by atomic mass is 32.2. The lowest BCUT2D eigenvalue weighted by Crippen LogP contribution is -2.22. The Bertz CT molecular complexity index is 581. The first kappa shape index (κ1) is 14.6. The predicted octanol–water partition coefficient (Wildman–Crippen LogP) is 1.46. The lowest BCUT2D eigenvalue weighted by molar-refractivity contribution is 0.593. The van der Waals surface area contributed by atoms with Gasteiger partial charge in [0.15, 0.2) is 0 Å². The first-order valence-corrected chi connectivity index (χ1v) is 7.22. The molecule has 18 heavy (non-hydrogen) atoms. The van der Waals surface area contributed by atoms with Crippen LogP contribution in [0.4, 0.5) is 5.69 Å². The van der Waals surface area contributed by atoms with E-state index in [0.29, 0.717) is 12.2 Å². The number of hydrogen-bond acceptors (Lipinski definition) is 3. The summed E-state index contributed by atoms with van der Waals surface area (Å²) in [6.45, 7) is 5.46. The second kappa shape index (κ2) is 5.89. The van der Waals surface area contributed by atoms with Gasteiger partial charge in [-0.25, -0.2) is 8.42 Å². The fraction of sp³-hybridized carbons (Fsp3) is 0.385. The van der Waals surface area contributed by atoms with Gasteiger partial charge >= 0.3 is 0 Å². The van der Waals surface area contributed by atoms with E-state index in [1.807, 2.05) is 6.92 Å². The molecule has 0 heterocycles. The normalized spacial score (nSPS) is 10.9. The number of benzene rings is 1. The molecule has 0 aromatic heterocycles. The van der Waals surface area contributed by atoms with E-state index in [9.17, 15) is 8.42 Å². The number of aryl methyl sites for hydroxylation is 1. The van der Waals surface area contributed by atoms with Crippen molar-refractivity contribution < 1.29 is 8.42 Å². The van der Waals surface area contributed by atoms with Crippen molar-refractivity contribution in [3.63, 3.8) is 0 Å². The molecule has 98 valence electrons. The molecule has 0 aliphatic rings. The monoisotopic (exact) mass is 266 g/mol. The smallest absolute Gasteiger partial charge is 0.235 e. The van der Waals surface area contributed by atoms with Crippen molar-refractivity contribution in [3.05, 3.63) is 29.3 Å². The molecule has 0 fully saturated rings. The zero-order valence-electron chi connectivity index (χ0n) is 10.8. The maximum atomic E-state index is 11.7. The van der Waals surface area contributed by atoms with Crippen LogP contribution in [0, 0.1) is 18.8 Å². The van der Waals surface area contributed by atoms with Crippen LogP contribution in [0.2, 0.25) is 0 Å². The summed E-state index contributed by atoms with van der Waals surface area (Å²) in [6, 6.07) is 5.25. The Hall–Kier alpha value is -1.51. The number of anilines is 1. The Morgan fingerprint density at radius 1 is 1.39 bits per heavy atom.